The van der Waals surface area contributed by atoms with Crippen molar-refractivity contribution in [3.05, 3.63) is 47.1 Å². The smallest absolute Gasteiger partial charge is 0.322 e. The first-order chi connectivity index (χ1) is 10.7. The number of carbonyl (C=O) groups is 1. The maximum Gasteiger partial charge on any atom is 0.322 e. The van der Waals surface area contributed by atoms with Gasteiger partial charge in [-0.1, -0.05) is 23.3 Å². The zero-order valence-corrected chi connectivity index (χ0v) is 13.6. The van der Waals surface area contributed by atoms with Gasteiger partial charge in [0.2, 0.25) is 5.91 Å². The summed E-state index contributed by atoms with van der Waals surface area (Å²) in [6.45, 7) is 0. The van der Waals surface area contributed by atoms with Crippen LogP contribution in [0.4, 0.5) is 6.01 Å². The highest BCUT2D eigenvalue weighted by molar-refractivity contribution is 9.10. The number of hydrogen-bond acceptors (Lipinski definition) is 6. The van der Waals surface area contributed by atoms with Crippen molar-refractivity contribution in [3.63, 3.8) is 0 Å². The molecule has 0 fully saturated rings. The largest absolute Gasteiger partial charge is 0.444 e. The zero-order valence-electron chi connectivity index (χ0n) is 11.2. The predicted octanol–water partition coefficient (Wildman–Crippen LogP) is 3.82. The molecule has 22 heavy (non-hydrogen) atoms. The van der Waals surface area contributed by atoms with E-state index in [1.807, 2.05) is 30.3 Å². The van der Waals surface area contributed by atoms with Gasteiger partial charge in [0, 0.05) is 4.90 Å². The van der Waals surface area contributed by atoms with E-state index >= 15 is 0 Å². The Morgan fingerprint density at radius 3 is 2.68 bits per heavy atom. The van der Waals surface area contributed by atoms with Gasteiger partial charge in [-0.15, -0.1) is 16.9 Å². The summed E-state index contributed by atoms with van der Waals surface area (Å²) >= 11 is 4.62. The maximum atomic E-state index is 11.8. The van der Waals surface area contributed by atoms with Crippen molar-refractivity contribution in [3.8, 4) is 11.7 Å². The van der Waals surface area contributed by atoms with Gasteiger partial charge >= 0.3 is 6.01 Å². The van der Waals surface area contributed by atoms with Gasteiger partial charge in [-0.25, -0.2) is 0 Å². The molecule has 1 amide bonds. The van der Waals surface area contributed by atoms with E-state index in [9.17, 15) is 4.79 Å². The molecule has 6 nitrogen and oxygen atoms in total. The molecule has 3 rings (SSSR count). The number of carbonyl (C=O) groups excluding carboxylic acids is 1. The fourth-order valence-corrected chi connectivity index (χ4v) is 2.65. The Labute approximate surface area is 138 Å². The maximum absolute atomic E-state index is 11.8. The van der Waals surface area contributed by atoms with E-state index in [4.69, 9.17) is 8.83 Å². The Hall–Kier alpha value is -2.06. The minimum Gasteiger partial charge on any atom is -0.444 e. The number of thioether (sulfide) groups is 1. The molecule has 0 unspecified atom stereocenters. The van der Waals surface area contributed by atoms with Gasteiger partial charge in [0.15, 0.2) is 10.4 Å². The van der Waals surface area contributed by atoms with Crippen LogP contribution < -0.4 is 5.32 Å². The van der Waals surface area contributed by atoms with Crippen molar-refractivity contribution in [1.29, 1.82) is 0 Å². The van der Waals surface area contributed by atoms with Crippen LogP contribution in [0.15, 0.2) is 60.9 Å². The highest BCUT2D eigenvalue weighted by Gasteiger charge is 2.14. The molecule has 112 valence electrons. The minimum absolute atomic E-state index is 0.0428. The topological polar surface area (TPSA) is 81.2 Å². The first-order valence-electron chi connectivity index (χ1n) is 6.27. The van der Waals surface area contributed by atoms with E-state index in [-0.39, 0.29) is 23.6 Å². The monoisotopic (exact) mass is 379 g/mol. The van der Waals surface area contributed by atoms with Crippen molar-refractivity contribution in [2.24, 2.45) is 0 Å². The summed E-state index contributed by atoms with van der Waals surface area (Å²) in [6.07, 6.45) is 0. The van der Waals surface area contributed by atoms with Crippen molar-refractivity contribution in [2.75, 3.05) is 11.1 Å². The number of rotatable bonds is 5. The lowest BCUT2D eigenvalue weighted by molar-refractivity contribution is -0.113. The number of nitrogens with zero attached hydrogens (tertiary/aromatic N) is 2. The number of nitrogens with one attached hydrogen (secondary N) is 1. The van der Waals surface area contributed by atoms with Gasteiger partial charge in [-0.3, -0.25) is 10.1 Å². The fourth-order valence-electron chi connectivity index (χ4n) is 1.62. The number of amides is 1. The van der Waals surface area contributed by atoms with Crippen LogP contribution in [-0.2, 0) is 4.79 Å². The number of hydrogen-bond donors (Lipinski definition) is 1. The van der Waals surface area contributed by atoms with Gasteiger partial charge < -0.3 is 8.83 Å². The van der Waals surface area contributed by atoms with Crippen molar-refractivity contribution in [2.45, 2.75) is 4.90 Å². The van der Waals surface area contributed by atoms with E-state index in [1.165, 1.54) is 11.8 Å². The molecular weight excluding hydrogens is 370 g/mol. The van der Waals surface area contributed by atoms with Gasteiger partial charge in [-0.2, -0.15) is 0 Å². The molecule has 3 aromatic rings. The molecule has 0 spiro atoms. The Kier molecular flexibility index (Phi) is 4.59. The first-order valence-corrected chi connectivity index (χ1v) is 8.05. The van der Waals surface area contributed by atoms with Crippen LogP contribution in [-0.4, -0.2) is 21.9 Å². The second-order valence-corrected chi connectivity index (χ2v) is 6.00. The third kappa shape index (κ3) is 3.77. The predicted molar refractivity (Wildman–Crippen MR) is 85.5 cm³/mol. The van der Waals surface area contributed by atoms with Gasteiger partial charge in [0.05, 0.1) is 5.75 Å². The second kappa shape index (κ2) is 6.80. The van der Waals surface area contributed by atoms with E-state index < -0.39 is 0 Å². The molecule has 1 aromatic carbocycles. The Balaban J connectivity index is 1.57. The summed E-state index contributed by atoms with van der Waals surface area (Å²) in [5.41, 5.74) is 0. The molecule has 1 N–H and O–H groups in total. The van der Waals surface area contributed by atoms with Crippen LogP contribution >= 0.6 is 27.7 Å². The molecule has 0 aliphatic carbocycles. The van der Waals surface area contributed by atoms with Gasteiger partial charge in [-0.05, 0) is 40.2 Å². The standard InChI is InChI=1S/C14H10BrN3O3S/c15-11-7-6-10(20-11)13-17-18-14(21-13)16-12(19)8-22-9-4-2-1-3-5-9/h1-7H,8H2,(H,16,18,19). The third-order valence-electron chi connectivity index (χ3n) is 2.57. The molecule has 8 heteroatoms. The number of aromatic nitrogens is 2. The number of furan rings is 1. The minimum atomic E-state index is -0.218. The van der Waals surface area contributed by atoms with Crippen molar-refractivity contribution in [1.82, 2.24) is 10.2 Å². The number of anilines is 1. The SMILES string of the molecule is O=C(CSc1ccccc1)Nc1nnc(-c2ccc(Br)o2)o1. The van der Waals surface area contributed by atoms with Crippen LogP contribution in [0.1, 0.15) is 0 Å². The zero-order chi connectivity index (χ0) is 15.4. The lowest BCUT2D eigenvalue weighted by Crippen LogP contribution is -2.14. The van der Waals surface area contributed by atoms with E-state index in [0.717, 1.165) is 4.90 Å². The van der Waals surface area contributed by atoms with Gasteiger partial charge in [0.25, 0.3) is 5.89 Å². The molecule has 0 aliphatic rings. The molecule has 2 heterocycles. The van der Waals surface area contributed by atoms with Crippen LogP contribution in [0.25, 0.3) is 11.7 Å². The molecule has 0 saturated carbocycles. The summed E-state index contributed by atoms with van der Waals surface area (Å²) in [7, 11) is 0. The molecular formula is C14H10BrN3O3S. The first kappa shape index (κ1) is 14.9. The van der Waals surface area contributed by atoms with E-state index in [0.29, 0.717) is 10.4 Å². The van der Waals surface area contributed by atoms with Crippen LogP contribution in [0.5, 0.6) is 0 Å². The van der Waals surface area contributed by atoms with Crippen LogP contribution in [0, 0.1) is 0 Å². The highest BCUT2D eigenvalue weighted by atomic mass is 79.9. The molecule has 0 aliphatic heterocycles. The molecule has 2 aromatic heterocycles. The van der Waals surface area contributed by atoms with E-state index in [1.54, 1.807) is 12.1 Å². The average Bonchev–Trinajstić information content (AvgIpc) is 3.15. The Morgan fingerprint density at radius 1 is 1.14 bits per heavy atom. The van der Waals surface area contributed by atoms with E-state index in [2.05, 4.69) is 31.4 Å². The normalized spacial score (nSPS) is 10.6. The average molecular weight is 380 g/mol. The van der Waals surface area contributed by atoms with Crippen LogP contribution in [0.3, 0.4) is 0 Å². The second-order valence-electron chi connectivity index (χ2n) is 4.17. The number of benzene rings is 1. The van der Waals surface area contributed by atoms with Crippen LogP contribution in [0.2, 0.25) is 0 Å². The highest BCUT2D eigenvalue weighted by Crippen LogP contribution is 2.25. The molecule has 0 atom stereocenters. The summed E-state index contributed by atoms with van der Waals surface area (Å²) in [4.78, 5) is 12.9. The molecule has 0 radical (unpaired) electrons. The van der Waals surface area contributed by atoms with Crippen molar-refractivity contribution < 1.29 is 13.6 Å². The summed E-state index contributed by atoms with van der Waals surface area (Å²) < 4.78 is 11.2. The third-order valence-corrected chi connectivity index (χ3v) is 4.01. The summed E-state index contributed by atoms with van der Waals surface area (Å²) in [6, 6.07) is 13.1. The lowest BCUT2D eigenvalue weighted by Gasteiger charge is -2.00. The molecule has 0 bridgehead atoms. The summed E-state index contributed by atoms with van der Waals surface area (Å²) in [5.74, 6) is 0.675. The Bertz CT molecular complexity index is 773. The Morgan fingerprint density at radius 2 is 1.95 bits per heavy atom. The molecule has 0 saturated heterocycles. The van der Waals surface area contributed by atoms with Crippen molar-refractivity contribution >= 4 is 39.6 Å². The van der Waals surface area contributed by atoms with Gasteiger partial charge in [0.1, 0.15) is 0 Å². The lowest BCUT2D eigenvalue weighted by atomic mass is 10.4. The quantitative estimate of drug-likeness (QED) is 0.678. The summed E-state index contributed by atoms with van der Waals surface area (Å²) in [5, 5.41) is 10.1. The fraction of sp³-hybridized carbons (Fsp3) is 0.0714. The number of halogens is 1.